The number of ketones is 1. The van der Waals surface area contributed by atoms with E-state index in [1.54, 1.807) is 0 Å². The Labute approximate surface area is 125 Å². The summed E-state index contributed by atoms with van der Waals surface area (Å²) >= 11 is 0. The van der Waals surface area contributed by atoms with Gasteiger partial charge in [0, 0.05) is 22.1 Å². The van der Waals surface area contributed by atoms with Gasteiger partial charge in [-0.3, -0.25) is 4.79 Å². The van der Waals surface area contributed by atoms with E-state index in [9.17, 15) is 4.79 Å². The van der Waals surface area contributed by atoms with Gasteiger partial charge in [0.1, 0.15) is 5.75 Å². The highest BCUT2D eigenvalue weighted by Crippen LogP contribution is 2.39. The Balaban J connectivity index is 2.06. The fraction of sp³-hybridized carbons (Fsp3) is 0.316. The molecule has 0 radical (unpaired) electrons. The maximum atomic E-state index is 12.8. The summed E-state index contributed by atoms with van der Waals surface area (Å²) < 4.78 is 5.69. The summed E-state index contributed by atoms with van der Waals surface area (Å²) in [4.78, 5) is 12.8. The molecule has 0 atom stereocenters. The molecule has 0 bridgehead atoms. The predicted octanol–water partition coefficient (Wildman–Crippen LogP) is 4.20. The second kappa shape index (κ2) is 4.73. The van der Waals surface area contributed by atoms with Gasteiger partial charge < -0.3 is 4.74 Å². The number of hydrogen-bond donors (Lipinski definition) is 0. The first-order chi connectivity index (χ1) is 9.90. The average Bonchev–Trinajstić information content (AvgIpc) is 2.76. The molecule has 2 heteroatoms. The normalized spacial score (nSPS) is 15.4. The molecule has 1 aliphatic heterocycles. The molecule has 2 aromatic carbocycles. The number of rotatable bonds is 2. The fourth-order valence-electron chi connectivity index (χ4n) is 2.81. The Morgan fingerprint density at radius 1 is 1.14 bits per heavy atom. The van der Waals surface area contributed by atoms with Crippen LogP contribution in [0.15, 0.2) is 36.4 Å². The van der Waals surface area contributed by atoms with E-state index in [1.165, 1.54) is 0 Å². The van der Waals surface area contributed by atoms with Crippen molar-refractivity contribution in [2.45, 2.75) is 33.1 Å². The lowest BCUT2D eigenvalue weighted by atomic mass is 9.85. The molecule has 0 aromatic heterocycles. The number of aryl methyl sites for hydroxylation is 1. The van der Waals surface area contributed by atoms with E-state index in [4.69, 9.17) is 4.74 Å². The summed E-state index contributed by atoms with van der Waals surface area (Å²) in [6.07, 6.45) is 0. The zero-order valence-corrected chi connectivity index (χ0v) is 13.0. The zero-order valence-electron chi connectivity index (χ0n) is 13.0. The van der Waals surface area contributed by atoms with Gasteiger partial charge in [-0.2, -0.15) is 0 Å². The second-order valence-corrected chi connectivity index (χ2v) is 6.46. The number of carbonyl (C=O) groups excluding carboxylic acids is 1. The molecule has 0 saturated heterocycles. The molecular weight excluding hydrogens is 260 g/mol. The van der Waals surface area contributed by atoms with Crippen molar-refractivity contribution in [2.24, 2.45) is 0 Å². The number of hydrogen-bond acceptors (Lipinski definition) is 2. The molecule has 0 fully saturated rings. The maximum absolute atomic E-state index is 12.8. The summed E-state index contributed by atoms with van der Waals surface area (Å²) in [5.74, 6) is 0.985. The molecule has 108 valence electrons. The van der Waals surface area contributed by atoms with Gasteiger partial charge in [-0.15, -0.1) is 0 Å². The lowest BCUT2D eigenvalue weighted by molar-refractivity contribution is 0.103. The Kier molecular flexibility index (Phi) is 3.12. The molecule has 1 heterocycles. The fourth-order valence-corrected chi connectivity index (χ4v) is 2.81. The van der Waals surface area contributed by atoms with Crippen LogP contribution in [0.1, 0.15) is 46.5 Å². The van der Waals surface area contributed by atoms with E-state index in [0.29, 0.717) is 6.61 Å². The Bertz CT molecular complexity index is 726. The van der Waals surface area contributed by atoms with Crippen LogP contribution in [0.3, 0.4) is 0 Å². The van der Waals surface area contributed by atoms with Crippen LogP contribution in [0.5, 0.6) is 5.75 Å². The van der Waals surface area contributed by atoms with Crippen LogP contribution in [0.25, 0.3) is 0 Å². The standard InChI is InChI=1S/C19H20O2/c1-12-6-5-7-15(13(12)2)18(20)14-8-9-17-16(10-14)19(3,4)11-21-17/h5-10H,11H2,1-4H3. The average molecular weight is 280 g/mol. The first-order valence-electron chi connectivity index (χ1n) is 7.28. The van der Waals surface area contributed by atoms with Crippen LogP contribution in [0, 0.1) is 13.8 Å². The number of benzene rings is 2. The summed E-state index contributed by atoms with van der Waals surface area (Å²) in [5.41, 5.74) is 4.81. The van der Waals surface area contributed by atoms with Gasteiger partial charge in [-0.25, -0.2) is 0 Å². The summed E-state index contributed by atoms with van der Waals surface area (Å²) in [6, 6.07) is 11.7. The highest BCUT2D eigenvalue weighted by Gasteiger charge is 2.32. The summed E-state index contributed by atoms with van der Waals surface area (Å²) in [7, 11) is 0. The second-order valence-electron chi connectivity index (χ2n) is 6.46. The summed E-state index contributed by atoms with van der Waals surface area (Å²) in [5, 5.41) is 0. The Hall–Kier alpha value is -2.09. The van der Waals surface area contributed by atoms with Crippen molar-refractivity contribution >= 4 is 5.78 Å². The van der Waals surface area contributed by atoms with Gasteiger partial charge >= 0.3 is 0 Å². The van der Waals surface area contributed by atoms with Crippen molar-refractivity contribution in [3.63, 3.8) is 0 Å². The molecular formula is C19H20O2. The minimum absolute atomic E-state index is 0.0345. The van der Waals surface area contributed by atoms with Gasteiger partial charge in [0.25, 0.3) is 0 Å². The Morgan fingerprint density at radius 3 is 2.67 bits per heavy atom. The van der Waals surface area contributed by atoms with Crippen molar-refractivity contribution in [3.8, 4) is 5.75 Å². The highest BCUT2D eigenvalue weighted by molar-refractivity contribution is 6.10. The van der Waals surface area contributed by atoms with Crippen molar-refractivity contribution in [3.05, 3.63) is 64.2 Å². The molecule has 0 unspecified atom stereocenters. The third-order valence-electron chi connectivity index (χ3n) is 4.41. The molecule has 0 spiro atoms. The Morgan fingerprint density at radius 2 is 1.90 bits per heavy atom. The first kappa shape index (κ1) is 13.9. The van der Waals surface area contributed by atoms with E-state index in [-0.39, 0.29) is 11.2 Å². The van der Waals surface area contributed by atoms with Gasteiger partial charge in [0.05, 0.1) is 6.61 Å². The monoisotopic (exact) mass is 280 g/mol. The van der Waals surface area contributed by atoms with Crippen LogP contribution in [0.4, 0.5) is 0 Å². The van der Waals surface area contributed by atoms with E-state index in [2.05, 4.69) is 13.8 Å². The quantitative estimate of drug-likeness (QED) is 0.770. The van der Waals surface area contributed by atoms with E-state index in [1.807, 2.05) is 50.2 Å². The van der Waals surface area contributed by atoms with Crippen molar-refractivity contribution in [1.29, 1.82) is 0 Å². The molecule has 0 saturated carbocycles. The van der Waals surface area contributed by atoms with Crippen molar-refractivity contribution in [2.75, 3.05) is 6.61 Å². The van der Waals surface area contributed by atoms with Gasteiger partial charge in [0.15, 0.2) is 5.78 Å². The molecule has 3 rings (SSSR count). The largest absolute Gasteiger partial charge is 0.492 e. The number of ether oxygens (including phenoxy) is 1. The molecule has 2 nitrogen and oxygen atoms in total. The first-order valence-corrected chi connectivity index (χ1v) is 7.28. The molecule has 2 aromatic rings. The molecule has 0 N–H and O–H groups in total. The van der Waals surface area contributed by atoms with Crippen LogP contribution < -0.4 is 4.74 Å². The van der Waals surface area contributed by atoms with Crippen LogP contribution in [0.2, 0.25) is 0 Å². The molecule has 21 heavy (non-hydrogen) atoms. The van der Waals surface area contributed by atoms with Crippen LogP contribution in [-0.4, -0.2) is 12.4 Å². The smallest absolute Gasteiger partial charge is 0.193 e. The lowest BCUT2D eigenvalue weighted by Crippen LogP contribution is -2.18. The topological polar surface area (TPSA) is 26.3 Å². The number of fused-ring (bicyclic) bond motifs is 1. The molecule has 0 aliphatic carbocycles. The van der Waals surface area contributed by atoms with E-state index >= 15 is 0 Å². The summed E-state index contributed by atoms with van der Waals surface area (Å²) in [6.45, 7) is 8.99. The SMILES string of the molecule is Cc1cccc(C(=O)c2ccc3c(c2)C(C)(C)CO3)c1C. The van der Waals surface area contributed by atoms with E-state index in [0.717, 1.165) is 33.6 Å². The van der Waals surface area contributed by atoms with Crippen LogP contribution >= 0.6 is 0 Å². The van der Waals surface area contributed by atoms with Crippen LogP contribution in [-0.2, 0) is 5.41 Å². The van der Waals surface area contributed by atoms with Gasteiger partial charge in [-0.1, -0.05) is 32.0 Å². The van der Waals surface area contributed by atoms with Crippen molar-refractivity contribution < 1.29 is 9.53 Å². The van der Waals surface area contributed by atoms with Gasteiger partial charge in [-0.05, 0) is 43.2 Å². The number of carbonyl (C=O) groups is 1. The highest BCUT2D eigenvalue weighted by atomic mass is 16.5. The third kappa shape index (κ3) is 2.25. The van der Waals surface area contributed by atoms with E-state index < -0.39 is 0 Å². The van der Waals surface area contributed by atoms with Gasteiger partial charge in [0.2, 0.25) is 0 Å². The van der Waals surface area contributed by atoms with Crippen molar-refractivity contribution in [1.82, 2.24) is 0 Å². The molecule has 0 amide bonds. The lowest BCUT2D eigenvalue weighted by Gasteiger charge is -2.16. The minimum Gasteiger partial charge on any atom is -0.492 e. The predicted molar refractivity (Wildman–Crippen MR) is 84.3 cm³/mol. The maximum Gasteiger partial charge on any atom is 0.193 e. The molecule has 1 aliphatic rings. The third-order valence-corrected chi connectivity index (χ3v) is 4.41. The zero-order chi connectivity index (χ0) is 15.2. The minimum atomic E-state index is -0.0345.